The molecule has 0 aliphatic carbocycles. The predicted molar refractivity (Wildman–Crippen MR) is 60.7 cm³/mol. The van der Waals surface area contributed by atoms with E-state index >= 15 is 0 Å². The molecule has 90 valence electrons. The van der Waals surface area contributed by atoms with Crippen LogP contribution in [0.4, 0.5) is 0 Å². The molecule has 1 aliphatic rings. The zero-order valence-electron chi connectivity index (χ0n) is 10.1. The number of carbonyl (C=O) groups excluding carboxylic acids is 2. The smallest absolute Gasteiger partial charge is 0.350 e. The third kappa shape index (κ3) is 1.90. The standard InChI is InChI=1S/C13H14O4/c1-8-4-5-9-7-13(2,12(15)16-3)17-11(14)10(9)6-8/h4-6H,7H2,1-3H3/t13-/m1/s1. The van der Waals surface area contributed by atoms with E-state index in [0.717, 1.165) is 11.1 Å². The highest BCUT2D eigenvalue weighted by Gasteiger charge is 2.43. The van der Waals surface area contributed by atoms with Crippen LogP contribution in [0, 0.1) is 6.92 Å². The highest BCUT2D eigenvalue weighted by molar-refractivity contribution is 5.96. The number of rotatable bonds is 1. The summed E-state index contributed by atoms with van der Waals surface area (Å²) in [6, 6.07) is 5.54. The summed E-state index contributed by atoms with van der Waals surface area (Å²) in [5, 5.41) is 0. The number of aryl methyl sites for hydroxylation is 1. The SMILES string of the molecule is COC(=O)[C@@]1(C)Cc2ccc(C)cc2C(=O)O1. The van der Waals surface area contributed by atoms with E-state index in [2.05, 4.69) is 4.74 Å². The van der Waals surface area contributed by atoms with Crippen LogP contribution in [0.25, 0.3) is 0 Å². The summed E-state index contributed by atoms with van der Waals surface area (Å²) in [4.78, 5) is 23.5. The van der Waals surface area contributed by atoms with Gasteiger partial charge in [-0.3, -0.25) is 0 Å². The van der Waals surface area contributed by atoms with Crippen molar-refractivity contribution >= 4 is 11.9 Å². The molecule has 17 heavy (non-hydrogen) atoms. The Kier molecular flexibility index (Phi) is 2.65. The summed E-state index contributed by atoms with van der Waals surface area (Å²) >= 11 is 0. The Bertz CT molecular complexity index is 492. The number of carbonyl (C=O) groups is 2. The molecule has 1 heterocycles. The van der Waals surface area contributed by atoms with E-state index < -0.39 is 17.5 Å². The van der Waals surface area contributed by atoms with Crippen LogP contribution in [0.3, 0.4) is 0 Å². The number of hydrogen-bond acceptors (Lipinski definition) is 4. The molecule has 0 N–H and O–H groups in total. The number of hydrogen-bond donors (Lipinski definition) is 0. The molecule has 0 unspecified atom stereocenters. The van der Waals surface area contributed by atoms with Gasteiger partial charge in [-0.1, -0.05) is 17.7 Å². The zero-order valence-corrected chi connectivity index (χ0v) is 10.1. The first-order valence-electron chi connectivity index (χ1n) is 5.37. The van der Waals surface area contributed by atoms with Gasteiger partial charge in [-0.05, 0) is 25.5 Å². The molecule has 0 spiro atoms. The maximum Gasteiger partial charge on any atom is 0.350 e. The van der Waals surface area contributed by atoms with E-state index in [4.69, 9.17) is 4.74 Å². The van der Waals surface area contributed by atoms with Crippen molar-refractivity contribution in [1.29, 1.82) is 0 Å². The summed E-state index contributed by atoms with van der Waals surface area (Å²) in [6.45, 7) is 3.47. The maximum atomic E-state index is 11.8. The van der Waals surface area contributed by atoms with Gasteiger partial charge < -0.3 is 9.47 Å². The highest BCUT2D eigenvalue weighted by atomic mass is 16.6. The Morgan fingerprint density at radius 2 is 2.18 bits per heavy atom. The summed E-state index contributed by atoms with van der Waals surface area (Å²) in [5.74, 6) is -1.00. The van der Waals surface area contributed by atoms with Crippen LogP contribution in [-0.2, 0) is 20.7 Å². The van der Waals surface area contributed by atoms with Gasteiger partial charge in [-0.15, -0.1) is 0 Å². The molecule has 1 atom stereocenters. The van der Waals surface area contributed by atoms with Crippen molar-refractivity contribution in [2.75, 3.05) is 7.11 Å². The molecule has 1 aromatic carbocycles. The van der Waals surface area contributed by atoms with Gasteiger partial charge in [0.15, 0.2) is 0 Å². The molecule has 1 aromatic rings. The van der Waals surface area contributed by atoms with Crippen LogP contribution in [-0.4, -0.2) is 24.6 Å². The first kappa shape index (κ1) is 11.6. The summed E-state index contributed by atoms with van der Waals surface area (Å²) in [5.41, 5.74) is 1.13. The van der Waals surface area contributed by atoms with Gasteiger partial charge in [0.1, 0.15) is 0 Å². The number of fused-ring (bicyclic) bond motifs is 1. The number of benzene rings is 1. The number of esters is 2. The van der Waals surface area contributed by atoms with Crippen LogP contribution in [0.1, 0.15) is 28.4 Å². The summed E-state index contributed by atoms with van der Waals surface area (Å²) in [7, 11) is 1.28. The lowest BCUT2D eigenvalue weighted by atomic mass is 9.89. The first-order chi connectivity index (χ1) is 7.96. The minimum atomic E-state index is -1.21. The molecule has 0 radical (unpaired) electrons. The number of methoxy groups -OCH3 is 1. The molecule has 0 aromatic heterocycles. The topological polar surface area (TPSA) is 52.6 Å². The van der Waals surface area contributed by atoms with E-state index in [1.54, 1.807) is 13.0 Å². The summed E-state index contributed by atoms with van der Waals surface area (Å²) < 4.78 is 9.86. The van der Waals surface area contributed by atoms with Crippen molar-refractivity contribution in [2.45, 2.75) is 25.9 Å². The summed E-state index contributed by atoms with van der Waals surface area (Å²) in [6.07, 6.45) is 0.348. The number of ether oxygens (including phenoxy) is 2. The zero-order chi connectivity index (χ0) is 12.6. The van der Waals surface area contributed by atoms with Crippen molar-refractivity contribution in [3.8, 4) is 0 Å². The molecule has 0 amide bonds. The molecule has 0 saturated carbocycles. The highest BCUT2D eigenvalue weighted by Crippen LogP contribution is 2.29. The quantitative estimate of drug-likeness (QED) is 0.693. The molecule has 4 nitrogen and oxygen atoms in total. The van der Waals surface area contributed by atoms with Gasteiger partial charge in [-0.2, -0.15) is 0 Å². The Hall–Kier alpha value is -1.84. The van der Waals surface area contributed by atoms with Crippen LogP contribution in [0.5, 0.6) is 0 Å². The van der Waals surface area contributed by atoms with E-state index in [0.29, 0.717) is 12.0 Å². The Morgan fingerprint density at radius 1 is 1.47 bits per heavy atom. The van der Waals surface area contributed by atoms with E-state index in [1.165, 1.54) is 7.11 Å². The van der Waals surface area contributed by atoms with Crippen molar-refractivity contribution < 1.29 is 19.1 Å². The van der Waals surface area contributed by atoms with Crippen molar-refractivity contribution in [3.05, 3.63) is 34.9 Å². The largest absolute Gasteiger partial charge is 0.466 e. The third-order valence-electron chi connectivity index (χ3n) is 2.95. The molecule has 1 aliphatic heterocycles. The molecule has 0 saturated heterocycles. The lowest BCUT2D eigenvalue weighted by Crippen LogP contribution is -2.46. The van der Waals surface area contributed by atoms with Gasteiger partial charge in [0.05, 0.1) is 12.7 Å². The fourth-order valence-corrected chi connectivity index (χ4v) is 2.02. The lowest BCUT2D eigenvalue weighted by molar-refractivity contribution is -0.161. The molecule has 4 heteroatoms. The Balaban J connectivity index is 2.43. The molecule has 2 rings (SSSR count). The van der Waals surface area contributed by atoms with Crippen LogP contribution < -0.4 is 0 Å². The minimum absolute atomic E-state index is 0.348. The Labute approximate surface area is 99.5 Å². The fourth-order valence-electron chi connectivity index (χ4n) is 2.02. The molecular formula is C13H14O4. The molecule has 0 fully saturated rings. The average Bonchev–Trinajstić information content (AvgIpc) is 2.29. The molecular weight excluding hydrogens is 220 g/mol. The van der Waals surface area contributed by atoms with Gasteiger partial charge in [0.25, 0.3) is 0 Å². The number of cyclic esters (lactones) is 1. The second kappa shape index (κ2) is 3.87. The Morgan fingerprint density at radius 3 is 2.82 bits per heavy atom. The average molecular weight is 234 g/mol. The first-order valence-corrected chi connectivity index (χ1v) is 5.37. The van der Waals surface area contributed by atoms with E-state index in [1.807, 2.05) is 19.1 Å². The van der Waals surface area contributed by atoms with Crippen molar-refractivity contribution in [2.24, 2.45) is 0 Å². The van der Waals surface area contributed by atoms with Crippen molar-refractivity contribution in [3.63, 3.8) is 0 Å². The fraction of sp³-hybridized carbons (Fsp3) is 0.385. The van der Waals surface area contributed by atoms with Gasteiger partial charge in [0, 0.05) is 6.42 Å². The van der Waals surface area contributed by atoms with Gasteiger partial charge in [-0.25, -0.2) is 9.59 Å². The molecule has 0 bridgehead atoms. The predicted octanol–water partition coefficient (Wildman–Crippen LogP) is 1.64. The normalized spacial score (nSPS) is 22.6. The second-order valence-electron chi connectivity index (χ2n) is 4.45. The van der Waals surface area contributed by atoms with Gasteiger partial charge in [0.2, 0.25) is 5.60 Å². The van der Waals surface area contributed by atoms with Crippen LogP contribution in [0.15, 0.2) is 18.2 Å². The van der Waals surface area contributed by atoms with Crippen molar-refractivity contribution in [1.82, 2.24) is 0 Å². The van der Waals surface area contributed by atoms with Gasteiger partial charge >= 0.3 is 11.9 Å². The van der Waals surface area contributed by atoms with E-state index in [-0.39, 0.29) is 0 Å². The van der Waals surface area contributed by atoms with Crippen LogP contribution >= 0.6 is 0 Å². The minimum Gasteiger partial charge on any atom is -0.466 e. The van der Waals surface area contributed by atoms with E-state index in [9.17, 15) is 9.59 Å². The third-order valence-corrected chi connectivity index (χ3v) is 2.95. The second-order valence-corrected chi connectivity index (χ2v) is 4.45. The maximum absolute atomic E-state index is 11.8. The van der Waals surface area contributed by atoms with Crippen LogP contribution in [0.2, 0.25) is 0 Å². The lowest BCUT2D eigenvalue weighted by Gasteiger charge is -2.31. The monoisotopic (exact) mass is 234 g/mol.